The fourth-order valence-corrected chi connectivity index (χ4v) is 5.28. The number of hydrogen-bond acceptors (Lipinski definition) is 4. The van der Waals surface area contributed by atoms with Crippen LogP contribution in [-0.4, -0.2) is 22.3 Å². The van der Waals surface area contributed by atoms with Gasteiger partial charge in [-0.3, -0.25) is 9.59 Å². The minimum Gasteiger partial charge on any atom is -0.299 e. The first-order valence-electron chi connectivity index (χ1n) is 9.63. The van der Waals surface area contributed by atoms with Gasteiger partial charge in [0, 0.05) is 24.8 Å². The minimum atomic E-state index is -0.588. The van der Waals surface area contributed by atoms with E-state index < -0.39 is 5.92 Å². The molecule has 2 aromatic rings. The summed E-state index contributed by atoms with van der Waals surface area (Å²) >= 11 is 7.52. The maximum atomic E-state index is 13.0. The Labute approximate surface area is 176 Å². The van der Waals surface area contributed by atoms with Gasteiger partial charge in [0.2, 0.25) is 0 Å². The van der Waals surface area contributed by atoms with Gasteiger partial charge in [-0.1, -0.05) is 36.2 Å². The van der Waals surface area contributed by atoms with Gasteiger partial charge in [0.15, 0.2) is 0 Å². The molecule has 0 saturated heterocycles. The van der Waals surface area contributed by atoms with Crippen LogP contribution >= 0.6 is 23.4 Å². The van der Waals surface area contributed by atoms with Crippen LogP contribution in [0.3, 0.4) is 0 Å². The van der Waals surface area contributed by atoms with Gasteiger partial charge in [0.05, 0.1) is 10.0 Å². The molecule has 1 fully saturated rings. The van der Waals surface area contributed by atoms with E-state index in [4.69, 9.17) is 11.6 Å². The SMILES string of the molecule is Cc1cc(C)c(C2C(=O)CC(C(C)CSc3ccc(Cl)cn3)CC2=O)c(C)c1. The van der Waals surface area contributed by atoms with Crippen LogP contribution in [0, 0.1) is 32.6 Å². The topological polar surface area (TPSA) is 47.0 Å². The monoisotopic (exact) mass is 415 g/mol. The van der Waals surface area contributed by atoms with Gasteiger partial charge in [-0.25, -0.2) is 4.98 Å². The minimum absolute atomic E-state index is 0.0674. The number of thioether (sulfide) groups is 1. The van der Waals surface area contributed by atoms with Gasteiger partial charge in [-0.2, -0.15) is 0 Å². The van der Waals surface area contributed by atoms with E-state index in [0.717, 1.165) is 33.0 Å². The third kappa shape index (κ3) is 4.66. The first-order valence-corrected chi connectivity index (χ1v) is 11.0. The highest BCUT2D eigenvalue weighted by atomic mass is 35.5. The van der Waals surface area contributed by atoms with Crippen molar-refractivity contribution in [1.29, 1.82) is 0 Å². The molecule has 0 amide bonds. The number of pyridine rings is 1. The van der Waals surface area contributed by atoms with Crippen molar-refractivity contribution in [3.8, 4) is 0 Å². The van der Waals surface area contributed by atoms with Crippen molar-refractivity contribution >= 4 is 34.9 Å². The summed E-state index contributed by atoms with van der Waals surface area (Å²) in [7, 11) is 0. The summed E-state index contributed by atoms with van der Waals surface area (Å²) in [5, 5.41) is 1.53. The fraction of sp³-hybridized carbons (Fsp3) is 0.435. The molecule has 3 rings (SSSR count). The highest BCUT2D eigenvalue weighted by Crippen LogP contribution is 2.38. The van der Waals surface area contributed by atoms with Crippen molar-refractivity contribution in [2.75, 3.05) is 5.75 Å². The van der Waals surface area contributed by atoms with Gasteiger partial charge in [-0.15, -0.1) is 11.8 Å². The molecule has 0 N–H and O–H groups in total. The summed E-state index contributed by atoms with van der Waals surface area (Å²) in [6.45, 7) is 8.16. The van der Waals surface area contributed by atoms with Crippen LogP contribution in [0.4, 0.5) is 0 Å². The Kier molecular flexibility index (Phi) is 6.61. The summed E-state index contributed by atoms with van der Waals surface area (Å²) in [4.78, 5) is 30.2. The number of rotatable bonds is 5. The van der Waals surface area contributed by atoms with Crippen molar-refractivity contribution in [3.63, 3.8) is 0 Å². The van der Waals surface area contributed by atoms with Crippen LogP contribution < -0.4 is 0 Å². The lowest BCUT2D eigenvalue weighted by Crippen LogP contribution is -2.35. The van der Waals surface area contributed by atoms with Crippen molar-refractivity contribution in [1.82, 2.24) is 4.98 Å². The molecule has 1 heterocycles. The number of aromatic nitrogens is 1. The summed E-state index contributed by atoms with van der Waals surface area (Å²) in [5.74, 6) is 0.733. The van der Waals surface area contributed by atoms with Crippen molar-refractivity contribution < 1.29 is 9.59 Å². The molecule has 28 heavy (non-hydrogen) atoms. The van der Waals surface area contributed by atoms with E-state index in [9.17, 15) is 9.59 Å². The first kappa shape index (κ1) is 21.1. The Balaban J connectivity index is 1.68. The largest absolute Gasteiger partial charge is 0.299 e. The molecule has 0 bridgehead atoms. The van der Waals surface area contributed by atoms with Crippen LogP contribution in [0.15, 0.2) is 35.5 Å². The predicted octanol–water partition coefficient (Wildman–Crippen LogP) is 5.72. The maximum absolute atomic E-state index is 13.0. The van der Waals surface area contributed by atoms with Crippen molar-refractivity contribution in [2.24, 2.45) is 11.8 Å². The van der Waals surface area contributed by atoms with E-state index in [2.05, 4.69) is 24.0 Å². The van der Waals surface area contributed by atoms with Crippen LogP contribution in [0.2, 0.25) is 5.02 Å². The molecule has 1 aliphatic carbocycles. The average Bonchev–Trinajstić information content (AvgIpc) is 2.62. The number of halogens is 1. The lowest BCUT2D eigenvalue weighted by atomic mass is 9.71. The summed E-state index contributed by atoms with van der Waals surface area (Å²) in [6, 6.07) is 7.85. The zero-order valence-corrected chi connectivity index (χ0v) is 18.4. The molecule has 5 heteroatoms. The summed E-state index contributed by atoms with van der Waals surface area (Å²) in [6.07, 6.45) is 2.58. The highest BCUT2D eigenvalue weighted by Gasteiger charge is 2.39. The quantitative estimate of drug-likeness (QED) is 0.462. The molecule has 1 aromatic carbocycles. The predicted molar refractivity (Wildman–Crippen MR) is 115 cm³/mol. The zero-order chi connectivity index (χ0) is 20.4. The third-order valence-corrected chi connectivity index (χ3v) is 7.05. The molecule has 0 spiro atoms. The Morgan fingerprint density at radius 2 is 1.71 bits per heavy atom. The maximum Gasteiger partial charge on any atom is 0.148 e. The van der Waals surface area contributed by atoms with E-state index in [1.165, 1.54) is 0 Å². The van der Waals surface area contributed by atoms with Crippen LogP contribution in [0.1, 0.15) is 47.9 Å². The Morgan fingerprint density at radius 1 is 1.11 bits per heavy atom. The second-order valence-electron chi connectivity index (χ2n) is 7.95. The van der Waals surface area contributed by atoms with Gasteiger partial charge in [0.1, 0.15) is 17.5 Å². The van der Waals surface area contributed by atoms with Crippen molar-refractivity contribution in [2.45, 2.75) is 51.5 Å². The average molecular weight is 416 g/mol. The second-order valence-corrected chi connectivity index (χ2v) is 9.43. The molecular weight excluding hydrogens is 390 g/mol. The van der Waals surface area contributed by atoms with E-state index >= 15 is 0 Å². The molecule has 148 valence electrons. The molecule has 1 unspecified atom stereocenters. The van der Waals surface area contributed by atoms with Gasteiger partial charge >= 0.3 is 0 Å². The lowest BCUT2D eigenvalue weighted by Gasteiger charge is -2.31. The molecule has 1 atom stereocenters. The molecule has 0 radical (unpaired) electrons. The zero-order valence-electron chi connectivity index (χ0n) is 16.8. The Hall–Kier alpha value is -1.65. The standard InChI is InChI=1S/C23H26ClNO2S/c1-13-7-14(2)22(15(3)8-13)23-19(26)9-17(10-20(23)27)16(4)12-28-21-6-5-18(24)11-25-21/h5-8,11,16-17,23H,9-10,12H2,1-4H3. The highest BCUT2D eigenvalue weighted by molar-refractivity contribution is 7.99. The van der Waals surface area contributed by atoms with Crippen LogP contribution in [0.5, 0.6) is 0 Å². The van der Waals surface area contributed by atoms with E-state index in [0.29, 0.717) is 17.9 Å². The number of benzene rings is 1. The third-order valence-electron chi connectivity index (χ3n) is 5.60. The molecule has 0 aliphatic heterocycles. The lowest BCUT2D eigenvalue weighted by molar-refractivity contribution is -0.134. The second kappa shape index (κ2) is 8.79. The number of aryl methyl sites for hydroxylation is 3. The van der Waals surface area contributed by atoms with Gasteiger partial charge in [0.25, 0.3) is 0 Å². The summed E-state index contributed by atoms with van der Waals surface area (Å²) < 4.78 is 0. The molecule has 3 nitrogen and oxygen atoms in total. The number of carbonyl (C=O) groups is 2. The molecule has 1 aliphatic rings. The van der Waals surface area contributed by atoms with Crippen LogP contribution in [0.25, 0.3) is 0 Å². The fourth-order valence-electron chi connectivity index (χ4n) is 4.18. The molecular formula is C23H26ClNO2S. The number of ketones is 2. The Morgan fingerprint density at radius 3 is 2.25 bits per heavy atom. The number of carbonyl (C=O) groups excluding carboxylic acids is 2. The number of nitrogens with zero attached hydrogens (tertiary/aromatic N) is 1. The summed E-state index contributed by atoms with van der Waals surface area (Å²) in [5.41, 5.74) is 4.17. The van der Waals surface area contributed by atoms with Gasteiger partial charge < -0.3 is 0 Å². The van der Waals surface area contributed by atoms with Gasteiger partial charge in [-0.05, 0) is 61.4 Å². The number of Topliss-reactive ketones (excluding diaryl/α,β-unsaturated/α-hetero) is 2. The number of hydrogen-bond donors (Lipinski definition) is 0. The molecule has 1 saturated carbocycles. The van der Waals surface area contributed by atoms with Crippen LogP contribution in [-0.2, 0) is 9.59 Å². The van der Waals surface area contributed by atoms with E-state index in [1.54, 1.807) is 18.0 Å². The van der Waals surface area contributed by atoms with Crippen molar-refractivity contribution in [3.05, 3.63) is 57.7 Å². The first-order chi connectivity index (χ1) is 13.3. The smallest absolute Gasteiger partial charge is 0.148 e. The van der Waals surface area contributed by atoms with E-state index in [-0.39, 0.29) is 23.4 Å². The molecule has 1 aromatic heterocycles. The Bertz CT molecular complexity index is 853. The normalized spacial score (nSPS) is 21.0. The van der Waals surface area contributed by atoms with E-state index in [1.807, 2.05) is 32.9 Å².